The molecule has 0 aliphatic heterocycles. The molecule has 0 radical (unpaired) electrons. The van der Waals surface area contributed by atoms with E-state index in [1.165, 1.54) is 25.0 Å². The Hall–Kier alpha value is -1.96. The Bertz CT molecular complexity index is 455. The highest BCUT2D eigenvalue weighted by Crippen LogP contribution is 2.14. The van der Waals surface area contributed by atoms with Crippen LogP contribution in [0.3, 0.4) is 0 Å². The summed E-state index contributed by atoms with van der Waals surface area (Å²) in [7, 11) is 0. The molecule has 1 rings (SSSR count). The zero-order valence-corrected chi connectivity index (χ0v) is 8.97. The molecule has 90 valence electrons. The van der Waals surface area contributed by atoms with Gasteiger partial charge in [-0.25, -0.2) is 9.18 Å². The van der Waals surface area contributed by atoms with Crippen molar-refractivity contribution < 1.29 is 22.7 Å². The van der Waals surface area contributed by atoms with Crippen LogP contribution < -0.4 is 0 Å². The average Bonchev–Trinajstić information content (AvgIpc) is 2.29. The van der Waals surface area contributed by atoms with E-state index in [0.717, 1.165) is 12.1 Å². The van der Waals surface area contributed by atoms with E-state index in [9.17, 15) is 18.0 Å². The Balaban J connectivity index is 2.83. The van der Waals surface area contributed by atoms with Gasteiger partial charge in [-0.3, -0.25) is 0 Å². The van der Waals surface area contributed by atoms with Crippen LogP contribution in [0.25, 0.3) is 0 Å². The van der Waals surface area contributed by atoms with E-state index < -0.39 is 17.7 Å². The molecular weight excluding hydrogens is 233 g/mol. The third-order valence-corrected chi connectivity index (χ3v) is 1.74. The summed E-state index contributed by atoms with van der Waals surface area (Å²) in [5.41, 5.74) is 0.190. The van der Waals surface area contributed by atoms with E-state index in [-0.39, 0.29) is 12.2 Å². The SMILES string of the molecule is CCOC(=O)C(F)(F)C#Cc1ccc(F)cc1. The van der Waals surface area contributed by atoms with E-state index in [0.29, 0.717) is 0 Å². The Kier molecular flexibility index (Phi) is 4.16. The number of benzene rings is 1. The summed E-state index contributed by atoms with van der Waals surface area (Å²) in [5.74, 6) is -2.45. The number of carbonyl (C=O) groups excluding carboxylic acids is 1. The van der Waals surface area contributed by atoms with Crippen LogP contribution in [0.4, 0.5) is 13.2 Å². The molecule has 0 fully saturated rings. The van der Waals surface area contributed by atoms with Gasteiger partial charge in [0.15, 0.2) is 0 Å². The standard InChI is InChI=1S/C12H9F3O2/c1-2-17-11(16)12(14,15)8-7-9-3-5-10(13)6-4-9/h3-6H,2H2,1H3. The van der Waals surface area contributed by atoms with E-state index in [1.807, 2.05) is 0 Å². The predicted octanol–water partition coefficient (Wildman–Crippen LogP) is 2.38. The second kappa shape index (κ2) is 5.39. The maximum absolute atomic E-state index is 13.0. The van der Waals surface area contributed by atoms with Crippen molar-refractivity contribution in [1.82, 2.24) is 0 Å². The van der Waals surface area contributed by atoms with Gasteiger partial charge in [-0.1, -0.05) is 5.92 Å². The highest BCUT2D eigenvalue weighted by atomic mass is 19.3. The largest absolute Gasteiger partial charge is 0.461 e. The van der Waals surface area contributed by atoms with Gasteiger partial charge in [-0.15, -0.1) is 0 Å². The molecule has 0 heterocycles. The molecule has 0 N–H and O–H groups in total. The van der Waals surface area contributed by atoms with Gasteiger partial charge in [0.1, 0.15) is 5.82 Å². The van der Waals surface area contributed by atoms with Crippen molar-refractivity contribution in [1.29, 1.82) is 0 Å². The summed E-state index contributed by atoms with van der Waals surface area (Å²) >= 11 is 0. The molecule has 0 saturated heterocycles. The van der Waals surface area contributed by atoms with Crippen LogP contribution in [-0.4, -0.2) is 18.5 Å². The molecule has 0 spiro atoms. The molecule has 0 aliphatic carbocycles. The van der Waals surface area contributed by atoms with Gasteiger partial charge < -0.3 is 4.74 Å². The van der Waals surface area contributed by atoms with Crippen molar-refractivity contribution in [3.8, 4) is 11.8 Å². The van der Waals surface area contributed by atoms with Crippen LogP contribution in [0.5, 0.6) is 0 Å². The molecule has 5 heteroatoms. The molecule has 1 aromatic carbocycles. The van der Waals surface area contributed by atoms with Crippen LogP contribution in [0, 0.1) is 17.7 Å². The lowest BCUT2D eigenvalue weighted by Crippen LogP contribution is -2.29. The van der Waals surface area contributed by atoms with E-state index in [2.05, 4.69) is 10.7 Å². The van der Waals surface area contributed by atoms with Crippen LogP contribution in [-0.2, 0) is 9.53 Å². The summed E-state index contributed by atoms with van der Waals surface area (Å²) in [6.07, 6.45) is 0. The summed E-state index contributed by atoms with van der Waals surface area (Å²) < 4.78 is 42.8. The van der Waals surface area contributed by atoms with Gasteiger partial charge in [0.05, 0.1) is 6.61 Å². The first kappa shape index (κ1) is 13.1. The minimum absolute atomic E-state index is 0.146. The normalized spacial score (nSPS) is 10.4. The maximum Gasteiger partial charge on any atom is 0.403 e. The molecule has 0 aromatic heterocycles. The first-order chi connectivity index (χ1) is 7.95. The second-order valence-corrected chi connectivity index (χ2v) is 3.05. The fourth-order valence-electron chi connectivity index (χ4n) is 0.957. The zero-order chi connectivity index (χ0) is 12.9. The molecule has 0 saturated carbocycles. The van der Waals surface area contributed by atoms with Crippen molar-refractivity contribution in [2.24, 2.45) is 0 Å². The Morgan fingerprint density at radius 1 is 1.35 bits per heavy atom. The highest BCUT2D eigenvalue weighted by Gasteiger charge is 2.38. The minimum atomic E-state index is -3.86. The summed E-state index contributed by atoms with van der Waals surface area (Å²) in [6, 6.07) is 4.66. The lowest BCUT2D eigenvalue weighted by Gasteiger charge is -2.06. The Morgan fingerprint density at radius 3 is 2.47 bits per heavy atom. The van der Waals surface area contributed by atoms with Gasteiger partial charge >= 0.3 is 11.9 Å². The van der Waals surface area contributed by atoms with Crippen molar-refractivity contribution in [3.05, 3.63) is 35.6 Å². The van der Waals surface area contributed by atoms with Crippen molar-refractivity contribution in [3.63, 3.8) is 0 Å². The number of hydrogen-bond donors (Lipinski definition) is 0. The molecule has 17 heavy (non-hydrogen) atoms. The van der Waals surface area contributed by atoms with E-state index in [4.69, 9.17) is 0 Å². The number of esters is 1. The number of rotatable bonds is 2. The van der Waals surface area contributed by atoms with Crippen molar-refractivity contribution in [2.45, 2.75) is 12.8 Å². The molecule has 0 amide bonds. The number of hydrogen-bond acceptors (Lipinski definition) is 2. The lowest BCUT2D eigenvalue weighted by molar-refractivity contribution is -0.163. The first-order valence-electron chi connectivity index (χ1n) is 4.79. The molecule has 0 unspecified atom stereocenters. The highest BCUT2D eigenvalue weighted by molar-refractivity contribution is 5.81. The van der Waals surface area contributed by atoms with Crippen LogP contribution in [0.2, 0.25) is 0 Å². The average molecular weight is 242 g/mol. The molecule has 0 atom stereocenters. The van der Waals surface area contributed by atoms with Gasteiger partial charge in [0, 0.05) is 5.56 Å². The van der Waals surface area contributed by atoms with Crippen LogP contribution in [0.15, 0.2) is 24.3 Å². The van der Waals surface area contributed by atoms with Gasteiger partial charge in [-0.05, 0) is 37.1 Å². The number of carbonyl (C=O) groups is 1. The minimum Gasteiger partial charge on any atom is -0.461 e. The Morgan fingerprint density at radius 2 is 1.94 bits per heavy atom. The third-order valence-electron chi connectivity index (χ3n) is 1.74. The first-order valence-corrected chi connectivity index (χ1v) is 4.79. The molecular formula is C12H9F3O2. The van der Waals surface area contributed by atoms with Crippen molar-refractivity contribution in [2.75, 3.05) is 6.61 Å². The van der Waals surface area contributed by atoms with Gasteiger partial charge in [0.2, 0.25) is 0 Å². The maximum atomic E-state index is 13.0. The molecule has 0 bridgehead atoms. The van der Waals surface area contributed by atoms with Gasteiger partial charge in [0.25, 0.3) is 0 Å². The zero-order valence-electron chi connectivity index (χ0n) is 8.97. The van der Waals surface area contributed by atoms with Crippen LogP contribution in [0.1, 0.15) is 12.5 Å². The number of halogens is 3. The third kappa shape index (κ3) is 3.83. The quantitative estimate of drug-likeness (QED) is 0.588. The smallest absolute Gasteiger partial charge is 0.403 e. The van der Waals surface area contributed by atoms with Crippen LogP contribution >= 0.6 is 0 Å². The summed E-state index contributed by atoms with van der Waals surface area (Å²) in [5, 5.41) is 0. The fraction of sp³-hybridized carbons (Fsp3) is 0.250. The topological polar surface area (TPSA) is 26.3 Å². The summed E-state index contributed by atoms with van der Waals surface area (Å²) in [4.78, 5) is 10.8. The predicted molar refractivity (Wildman–Crippen MR) is 54.9 cm³/mol. The lowest BCUT2D eigenvalue weighted by atomic mass is 10.2. The number of alkyl halides is 2. The second-order valence-electron chi connectivity index (χ2n) is 3.05. The fourth-order valence-corrected chi connectivity index (χ4v) is 0.957. The van der Waals surface area contributed by atoms with E-state index in [1.54, 1.807) is 0 Å². The molecule has 2 nitrogen and oxygen atoms in total. The number of ether oxygens (including phenoxy) is 1. The monoisotopic (exact) mass is 242 g/mol. The van der Waals surface area contributed by atoms with Crippen molar-refractivity contribution >= 4 is 5.97 Å². The molecule has 0 aliphatic rings. The Labute approximate surface area is 96.4 Å². The van der Waals surface area contributed by atoms with E-state index >= 15 is 0 Å². The van der Waals surface area contributed by atoms with Gasteiger partial charge in [-0.2, -0.15) is 8.78 Å². The molecule has 1 aromatic rings. The summed E-state index contributed by atoms with van der Waals surface area (Å²) in [6.45, 7) is 1.27.